The van der Waals surface area contributed by atoms with Crippen LogP contribution in [0.5, 0.6) is 5.75 Å². The van der Waals surface area contributed by atoms with E-state index < -0.39 is 10.0 Å². The number of aromatic nitrogens is 1. The summed E-state index contributed by atoms with van der Waals surface area (Å²) >= 11 is 1.30. The fourth-order valence-corrected chi connectivity index (χ4v) is 5.80. The molecule has 4 rings (SSSR count). The fraction of sp³-hybridized carbons (Fsp3) is 0.238. The zero-order chi connectivity index (χ0) is 21.3. The molecule has 0 unspecified atom stereocenters. The third-order valence-corrected chi connectivity index (χ3v) is 7.78. The maximum Gasteiger partial charge on any atom is 0.261 e. The number of carbonyl (C=O) groups excluding carboxylic acids is 1. The highest BCUT2D eigenvalue weighted by Gasteiger charge is 2.30. The summed E-state index contributed by atoms with van der Waals surface area (Å²) in [5.74, 6) is 0.161. The lowest BCUT2D eigenvalue weighted by molar-refractivity contribution is 0.102. The van der Waals surface area contributed by atoms with E-state index in [0.717, 1.165) is 16.1 Å². The molecule has 0 atom stereocenters. The molecule has 0 bridgehead atoms. The second-order valence-corrected chi connectivity index (χ2v) is 9.97. The summed E-state index contributed by atoms with van der Waals surface area (Å²) in [7, 11) is -2.07. The Bertz CT molecular complexity index is 1190. The van der Waals surface area contributed by atoms with Gasteiger partial charge in [0.25, 0.3) is 5.91 Å². The summed E-state index contributed by atoms with van der Waals surface area (Å²) in [6, 6.07) is 13.8. The lowest BCUT2D eigenvalue weighted by Gasteiger charge is -2.25. The van der Waals surface area contributed by atoms with Gasteiger partial charge in [-0.05, 0) is 31.2 Å². The number of carbonyl (C=O) groups is 1. The van der Waals surface area contributed by atoms with Gasteiger partial charge in [-0.3, -0.25) is 10.1 Å². The first-order valence-corrected chi connectivity index (χ1v) is 11.6. The first kappa shape index (κ1) is 20.5. The van der Waals surface area contributed by atoms with Crippen molar-refractivity contribution in [3.8, 4) is 5.75 Å². The van der Waals surface area contributed by atoms with Crippen LogP contribution in [0.4, 0.5) is 5.13 Å². The maximum absolute atomic E-state index is 13.0. The normalized spacial score (nSPS) is 14.2. The number of para-hydroxylation sites is 1. The number of ether oxygens (including phenoxy) is 1. The molecule has 0 saturated carbocycles. The maximum atomic E-state index is 13.0. The Labute approximate surface area is 179 Å². The van der Waals surface area contributed by atoms with Crippen molar-refractivity contribution < 1.29 is 17.9 Å². The summed E-state index contributed by atoms with van der Waals surface area (Å²) < 4.78 is 32.6. The van der Waals surface area contributed by atoms with E-state index in [1.54, 1.807) is 48.5 Å². The third-order valence-electron chi connectivity index (χ3n) is 4.93. The molecule has 30 heavy (non-hydrogen) atoms. The summed E-state index contributed by atoms with van der Waals surface area (Å²) in [6.07, 6.45) is 0.501. The van der Waals surface area contributed by atoms with E-state index in [2.05, 4.69) is 10.3 Å². The predicted molar refractivity (Wildman–Crippen MR) is 116 cm³/mol. The fourth-order valence-electron chi connectivity index (χ4n) is 3.29. The molecule has 0 fully saturated rings. The van der Waals surface area contributed by atoms with E-state index in [1.165, 1.54) is 22.8 Å². The lowest BCUT2D eigenvalue weighted by Crippen LogP contribution is -2.35. The van der Waals surface area contributed by atoms with Crippen molar-refractivity contribution in [2.24, 2.45) is 0 Å². The summed E-state index contributed by atoms with van der Waals surface area (Å²) in [5, 5.41) is 3.25. The van der Waals surface area contributed by atoms with Crippen molar-refractivity contribution >= 4 is 32.4 Å². The second kappa shape index (κ2) is 8.17. The van der Waals surface area contributed by atoms with Crippen LogP contribution in [0.25, 0.3) is 0 Å². The van der Waals surface area contributed by atoms with Crippen molar-refractivity contribution in [3.05, 3.63) is 70.2 Å². The van der Waals surface area contributed by atoms with Crippen LogP contribution in [0.3, 0.4) is 0 Å². The van der Waals surface area contributed by atoms with Crippen molar-refractivity contribution in [2.75, 3.05) is 19.0 Å². The molecule has 2 aromatic carbocycles. The second-order valence-electron chi connectivity index (χ2n) is 6.94. The van der Waals surface area contributed by atoms with Gasteiger partial charge >= 0.3 is 0 Å². The number of benzene rings is 2. The quantitative estimate of drug-likeness (QED) is 0.652. The molecular weight excluding hydrogens is 422 g/mol. The number of thiazole rings is 1. The molecule has 1 aliphatic rings. The van der Waals surface area contributed by atoms with Gasteiger partial charge < -0.3 is 4.74 Å². The summed E-state index contributed by atoms with van der Waals surface area (Å²) in [4.78, 5) is 18.2. The largest absolute Gasteiger partial charge is 0.496 e. The van der Waals surface area contributed by atoms with E-state index in [9.17, 15) is 13.2 Å². The van der Waals surface area contributed by atoms with Gasteiger partial charge in [0, 0.05) is 17.8 Å². The minimum atomic E-state index is -3.58. The Kier molecular flexibility index (Phi) is 5.59. The minimum Gasteiger partial charge on any atom is -0.496 e. The molecule has 3 aromatic rings. The molecule has 156 valence electrons. The summed E-state index contributed by atoms with van der Waals surface area (Å²) in [5.41, 5.74) is 2.25. The number of rotatable bonds is 5. The van der Waals surface area contributed by atoms with Gasteiger partial charge in [0.05, 0.1) is 29.8 Å². The summed E-state index contributed by atoms with van der Waals surface area (Å²) in [6.45, 7) is 2.52. The first-order chi connectivity index (χ1) is 14.4. The predicted octanol–water partition coefficient (Wildman–Crippen LogP) is 3.46. The molecule has 1 aromatic heterocycles. The van der Waals surface area contributed by atoms with Gasteiger partial charge in [-0.1, -0.05) is 29.8 Å². The van der Waals surface area contributed by atoms with Crippen LogP contribution in [0.15, 0.2) is 53.4 Å². The van der Waals surface area contributed by atoms with Gasteiger partial charge in [-0.15, -0.1) is 11.3 Å². The van der Waals surface area contributed by atoms with Crippen LogP contribution in [-0.4, -0.2) is 37.3 Å². The molecule has 1 amide bonds. The number of methoxy groups -OCH3 is 1. The van der Waals surface area contributed by atoms with Crippen molar-refractivity contribution in [1.82, 2.24) is 9.29 Å². The number of nitrogens with one attached hydrogen (secondary N) is 1. The molecule has 1 aliphatic heterocycles. The van der Waals surface area contributed by atoms with Crippen molar-refractivity contribution in [3.63, 3.8) is 0 Å². The molecule has 2 heterocycles. The average molecular weight is 444 g/mol. The van der Waals surface area contributed by atoms with Gasteiger partial charge in [-0.25, -0.2) is 13.4 Å². The molecule has 7 nitrogen and oxygen atoms in total. The smallest absolute Gasteiger partial charge is 0.261 e. The number of hydrogen-bond donors (Lipinski definition) is 1. The molecule has 9 heteroatoms. The van der Waals surface area contributed by atoms with E-state index >= 15 is 0 Å². The zero-order valence-electron chi connectivity index (χ0n) is 16.6. The minimum absolute atomic E-state index is 0.244. The SMILES string of the molecule is COc1ccccc1C(=O)Nc1nc2c(s1)CN(S(=O)(=O)c1ccc(C)cc1)CC2. The Morgan fingerprint density at radius 1 is 1.17 bits per heavy atom. The molecule has 0 spiro atoms. The first-order valence-electron chi connectivity index (χ1n) is 9.38. The Morgan fingerprint density at radius 3 is 2.63 bits per heavy atom. The number of hydrogen-bond acceptors (Lipinski definition) is 6. The van der Waals surface area contributed by atoms with E-state index in [1.807, 2.05) is 6.92 Å². The van der Waals surface area contributed by atoms with Gasteiger partial charge in [0.15, 0.2) is 5.13 Å². The Morgan fingerprint density at radius 2 is 1.90 bits per heavy atom. The number of sulfonamides is 1. The molecule has 0 radical (unpaired) electrons. The standard InChI is InChI=1S/C21H21N3O4S2/c1-14-7-9-15(10-8-14)30(26,27)24-12-11-17-19(13-24)29-21(22-17)23-20(25)16-5-3-4-6-18(16)28-2/h3-10H,11-13H2,1-2H3,(H,22,23,25). The highest BCUT2D eigenvalue weighted by molar-refractivity contribution is 7.89. The van der Waals surface area contributed by atoms with E-state index in [0.29, 0.717) is 29.4 Å². The van der Waals surface area contributed by atoms with E-state index in [4.69, 9.17) is 4.74 Å². The van der Waals surface area contributed by atoms with Crippen LogP contribution < -0.4 is 10.1 Å². The molecule has 0 saturated heterocycles. The highest BCUT2D eigenvalue weighted by atomic mass is 32.2. The van der Waals surface area contributed by atoms with Crippen LogP contribution in [0, 0.1) is 6.92 Å². The number of anilines is 1. The zero-order valence-corrected chi connectivity index (χ0v) is 18.2. The molecule has 0 aliphatic carbocycles. The van der Waals surface area contributed by atoms with Crippen LogP contribution in [0.2, 0.25) is 0 Å². The van der Waals surface area contributed by atoms with Gasteiger partial charge in [0.2, 0.25) is 10.0 Å². The monoisotopic (exact) mass is 443 g/mol. The van der Waals surface area contributed by atoms with Gasteiger partial charge in [0.1, 0.15) is 5.75 Å². The van der Waals surface area contributed by atoms with Crippen LogP contribution in [0.1, 0.15) is 26.5 Å². The topological polar surface area (TPSA) is 88.6 Å². The number of fused-ring (bicyclic) bond motifs is 1. The van der Waals surface area contributed by atoms with Gasteiger partial charge in [-0.2, -0.15) is 4.31 Å². The van der Waals surface area contributed by atoms with E-state index in [-0.39, 0.29) is 17.3 Å². The number of aryl methyl sites for hydroxylation is 1. The Balaban J connectivity index is 1.52. The van der Waals surface area contributed by atoms with Crippen molar-refractivity contribution in [2.45, 2.75) is 24.8 Å². The highest BCUT2D eigenvalue weighted by Crippen LogP contribution is 2.31. The Hall–Kier alpha value is -2.75. The van der Waals surface area contributed by atoms with Crippen LogP contribution >= 0.6 is 11.3 Å². The van der Waals surface area contributed by atoms with Crippen molar-refractivity contribution in [1.29, 1.82) is 0 Å². The third kappa shape index (κ3) is 3.96. The lowest BCUT2D eigenvalue weighted by atomic mass is 10.2. The number of nitrogens with zero attached hydrogens (tertiary/aromatic N) is 2. The molecular formula is C21H21N3O4S2. The molecule has 1 N–H and O–H groups in total. The number of amides is 1. The van der Waals surface area contributed by atoms with Crippen LogP contribution in [-0.2, 0) is 23.0 Å². The average Bonchev–Trinajstić information content (AvgIpc) is 3.15.